The Labute approximate surface area is 172 Å². The molecule has 1 atom stereocenters. The minimum absolute atomic E-state index is 0.207. The third-order valence-electron chi connectivity index (χ3n) is 5.18. The summed E-state index contributed by atoms with van der Waals surface area (Å²) in [7, 11) is 0. The predicted molar refractivity (Wildman–Crippen MR) is 118 cm³/mol. The van der Waals surface area contributed by atoms with Crippen LogP contribution >= 0.6 is 0 Å². The second kappa shape index (κ2) is 9.87. The first-order valence-corrected chi connectivity index (χ1v) is 10.2. The normalized spacial score (nSPS) is 14.1. The Morgan fingerprint density at radius 3 is 2.52 bits per heavy atom. The first kappa shape index (κ1) is 20.6. The van der Waals surface area contributed by atoms with Crippen molar-refractivity contribution in [1.29, 1.82) is 0 Å². The highest BCUT2D eigenvalue weighted by atomic mass is 16.2. The van der Waals surface area contributed by atoms with Crippen LogP contribution in [-0.2, 0) is 11.2 Å². The molecule has 2 N–H and O–H groups in total. The van der Waals surface area contributed by atoms with Crippen LogP contribution in [0.5, 0.6) is 0 Å². The van der Waals surface area contributed by atoms with Gasteiger partial charge in [-0.2, -0.15) is 0 Å². The van der Waals surface area contributed by atoms with Crippen molar-refractivity contribution < 1.29 is 9.59 Å². The van der Waals surface area contributed by atoms with Gasteiger partial charge in [0.05, 0.1) is 0 Å². The van der Waals surface area contributed by atoms with Crippen molar-refractivity contribution in [1.82, 2.24) is 5.32 Å². The van der Waals surface area contributed by atoms with E-state index >= 15 is 0 Å². The van der Waals surface area contributed by atoms with Gasteiger partial charge in [-0.3, -0.25) is 9.59 Å². The molecular formula is C25H28N2O2. The average molecular weight is 389 g/mol. The largest absolute Gasteiger partial charge is 0.340 e. The Morgan fingerprint density at radius 2 is 1.79 bits per heavy atom. The summed E-state index contributed by atoms with van der Waals surface area (Å²) in [6.07, 6.45) is 9.50. The van der Waals surface area contributed by atoms with Crippen molar-refractivity contribution in [3.05, 3.63) is 89.0 Å². The standard InChI is InChI=1S/C25H28N2O2/c1-3-20-14-8-9-15-21(20)24(28)27-23(17-19-12-5-4-6-13-19)25(29)26-22-16-10-7-11-18(22)2/h5,7-16,23H,3-4,6,17H2,1-2H3,(H,26,29)(H,27,28). The zero-order chi connectivity index (χ0) is 20.6. The summed E-state index contributed by atoms with van der Waals surface area (Å²) >= 11 is 0. The molecule has 150 valence electrons. The van der Waals surface area contributed by atoms with Crippen molar-refractivity contribution in [2.45, 2.75) is 45.6 Å². The number of rotatable bonds is 7. The fourth-order valence-electron chi connectivity index (χ4n) is 3.48. The number of amides is 2. The zero-order valence-electron chi connectivity index (χ0n) is 17.1. The molecule has 0 aromatic heterocycles. The molecule has 1 unspecified atom stereocenters. The van der Waals surface area contributed by atoms with E-state index in [1.807, 2.05) is 68.5 Å². The molecule has 0 heterocycles. The van der Waals surface area contributed by atoms with E-state index in [-0.39, 0.29) is 11.8 Å². The van der Waals surface area contributed by atoms with Crippen LogP contribution in [0.2, 0.25) is 0 Å². The molecule has 0 saturated heterocycles. The van der Waals surface area contributed by atoms with Gasteiger partial charge < -0.3 is 10.6 Å². The molecule has 1 aliphatic carbocycles. The molecular weight excluding hydrogens is 360 g/mol. The highest BCUT2D eigenvalue weighted by Crippen LogP contribution is 2.19. The molecule has 0 saturated carbocycles. The maximum absolute atomic E-state index is 13.1. The second-order valence-electron chi connectivity index (χ2n) is 7.30. The van der Waals surface area contributed by atoms with Crippen LogP contribution in [0.15, 0.2) is 72.3 Å². The molecule has 4 nitrogen and oxygen atoms in total. The van der Waals surface area contributed by atoms with Crippen LogP contribution in [0, 0.1) is 6.92 Å². The number of hydrogen-bond acceptors (Lipinski definition) is 2. The molecule has 0 fully saturated rings. The first-order valence-electron chi connectivity index (χ1n) is 10.2. The fourth-order valence-corrected chi connectivity index (χ4v) is 3.48. The van der Waals surface area contributed by atoms with Crippen LogP contribution in [0.1, 0.15) is 47.7 Å². The molecule has 4 heteroatoms. The average Bonchev–Trinajstić information content (AvgIpc) is 2.75. The van der Waals surface area contributed by atoms with Gasteiger partial charge in [0, 0.05) is 17.7 Å². The zero-order valence-corrected chi connectivity index (χ0v) is 17.1. The Balaban J connectivity index is 1.81. The minimum Gasteiger partial charge on any atom is -0.340 e. The van der Waals surface area contributed by atoms with Gasteiger partial charge in [0.2, 0.25) is 5.91 Å². The van der Waals surface area contributed by atoms with Crippen molar-refractivity contribution in [3.63, 3.8) is 0 Å². The van der Waals surface area contributed by atoms with Crippen molar-refractivity contribution >= 4 is 17.5 Å². The Bertz CT molecular complexity index is 943. The van der Waals surface area contributed by atoms with E-state index in [1.165, 1.54) is 0 Å². The number of aryl methyl sites for hydroxylation is 2. The smallest absolute Gasteiger partial charge is 0.252 e. The molecule has 0 radical (unpaired) electrons. The second-order valence-corrected chi connectivity index (χ2v) is 7.30. The molecule has 0 aliphatic heterocycles. The number of carbonyl (C=O) groups excluding carboxylic acids is 2. The summed E-state index contributed by atoms with van der Waals surface area (Å²) < 4.78 is 0. The van der Waals surface area contributed by atoms with Gasteiger partial charge in [0.15, 0.2) is 0 Å². The van der Waals surface area contributed by atoms with E-state index in [0.717, 1.165) is 41.6 Å². The summed E-state index contributed by atoms with van der Waals surface area (Å²) in [5, 5.41) is 5.95. The summed E-state index contributed by atoms with van der Waals surface area (Å²) in [6, 6.07) is 14.5. The van der Waals surface area contributed by atoms with E-state index in [4.69, 9.17) is 0 Å². The lowest BCUT2D eigenvalue weighted by Crippen LogP contribution is -2.44. The molecule has 2 amide bonds. The molecule has 0 spiro atoms. The summed E-state index contributed by atoms with van der Waals surface area (Å²) in [5.74, 6) is -0.422. The van der Waals surface area contributed by atoms with Gasteiger partial charge in [-0.1, -0.05) is 61.5 Å². The van der Waals surface area contributed by atoms with Gasteiger partial charge in [0.1, 0.15) is 6.04 Å². The van der Waals surface area contributed by atoms with E-state index in [0.29, 0.717) is 12.0 Å². The Kier molecular flexibility index (Phi) is 7.01. The number of hydrogen-bond donors (Lipinski definition) is 2. The number of anilines is 1. The van der Waals surface area contributed by atoms with Gasteiger partial charge in [-0.05, 0) is 55.0 Å². The number of benzene rings is 2. The summed E-state index contributed by atoms with van der Waals surface area (Å²) in [4.78, 5) is 26.1. The van der Waals surface area contributed by atoms with Crippen LogP contribution < -0.4 is 10.6 Å². The number of para-hydroxylation sites is 1. The van der Waals surface area contributed by atoms with E-state index < -0.39 is 6.04 Å². The summed E-state index contributed by atoms with van der Waals surface area (Å²) in [5.41, 5.74) is 4.42. The van der Waals surface area contributed by atoms with Crippen LogP contribution in [-0.4, -0.2) is 17.9 Å². The van der Waals surface area contributed by atoms with Gasteiger partial charge in [0.25, 0.3) is 5.91 Å². The monoisotopic (exact) mass is 388 g/mol. The molecule has 0 bridgehead atoms. The van der Waals surface area contributed by atoms with E-state index in [2.05, 4.69) is 22.8 Å². The van der Waals surface area contributed by atoms with Crippen LogP contribution in [0.25, 0.3) is 0 Å². The quantitative estimate of drug-likeness (QED) is 0.704. The lowest BCUT2D eigenvalue weighted by atomic mass is 9.98. The third-order valence-corrected chi connectivity index (χ3v) is 5.18. The van der Waals surface area contributed by atoms with E-state index in [9.17, 15) is 9.59 Å². The maximum atomic E-state index is 13.1. The number of nitrogens with one attached hydrogen (secondary N) is 2. The summed E-state index contributed by atoms with van der Waals surface area (Å²) in [6.45, 7) is 3.97. The number of allylic oxidation sites excluding steroid dienone is 3. The highest BCUT2D eigenvalue weighted by Gasteiger charge is 2.24. The molecule has 1 aliphatic rings. The lowest BCUT2D eigenvalue weighted by molar-refractivity contribution is -0.118. The Morgan fingerprint density at radius 1 is 1.03 bits per heavy atom. The van der Waals surface area contributed by atoms with Crippen LogP contribution in [0.3, 0.4) is 0 Å². The molecule has 2 aromatic rings. The predicted octanol–water partition coefficient (Wildman–Crippen LogP) is 4.96. The topological polar surface area (TPSA) is 58.2 Å². The SMILES string of the molecule is CCc1ccccc1C(=O)NC(CC1=CCCC=C1)C(=O)Nc1ccccc1C. The Hall–Kier alpha value is -3.14. The fraction of sp³-hybridized carbons (Fsp3) is 0.280. The van der Waals surface area contributed by atoms with Crippen LogP contribution in [0.4, 0.5) is 5.69 Å². The minimum atomic E-state index is -0.652. The van der Waals surface area contributed by atoms with Gasteiger partial charge in [-0.25, -0.2) is 0 Å². The van der Waals surface area contributed by atoms with E-state index in [1.54, 1.807) is 0 Å². The van der Waals surface area contributed by atoms with Gasteiger partial charge in [-0.15, -0.1) is 0 Å². The first-order chi connectivity index (χ1) is 14.1. The van der Waals surface area contributed by atoms with Crippen molar-refractivity contribution in [2.24, 2.45) is 0 Å². The number of carbonyl (C=O) groups is 2. The molecule has 29 heavy (non-hydrogen) atoms. The highest BCUT2D eigenvalue weighted by molar-refractivity contribution is 6.02. The van der Waals surface area contributed by atoms with Gasteiger partial charge >= 0.3 is 0 Å². The maximum Gasteiger partial charge on any atom is 0.252 e. The third kappa shape index (κ3) is 5.44. The molecule has 2 aromatic carbocycles. The van der Waals surface area contributed by atoms with Crippen molar-refractivity contribution in [3.8, 4) is 0 Å². The molecule has 3 rings (SSSR count). The van der Waals surface area contributed by atoms with Crippen molar-refractivity contribution in [2.75, 3.05) is 5.32 Å². The lowest BCUT2D eigenvalue weighted by Gasteiger charge is -2.21.